The maximum atomic E-state index is 12.5. The van der Waals surface area contributed by atoms with Gasteiger partial charge in [-0.2, -0.15) is 0 Å². The number of likely N-dealkylation sites (tertiary alicyclic amines) is 1. The Labute approximate surface area is 172 Å². The van der Waals surface area contributed by atoms with Crippen molar-refractivity contribution in [3.63, 3.8) is 0 Å². The quantitative estimate of drug-likeness (QED) is 0.676. The molecule has 0 unspecified atom stereocenters. The fourth-order valence-electron chi connectivity index (χ4n) is 3.48. The first kappa shape index (κ1) is 19.3. The fourth-order valence-corrected chi connectivity index (χ4v) is 4.20. The van der Waals surface area contributed by atoms with Gasteiger partial charge in [0.2, 0.25) is 5.91 Å². The van der Waals surface area contributed by atoms with E-state index in [0.29, 0.717) is 22.3 Å². The molecular weight excluding hydrogens is 388 g/mol. The molecule has 1 N–H and O–H groups in total. The number of hydrogen-bond donors (Lipinski definition) is 1. The normalized spacial score (nSPS) is 13.7. The van der Waals surface area contributed by atoms with Gasteiger partial charge in [0, 0.05) is 38.2 Å². The van der Waals surface area contributed by atoms with Gasteiger partial charge in [0.25, 0.3) is 11.5 Å². The molecule has 150 valence electrons. The van der Waals surface area contributed by atoms with Gasteiger partial charge in [-0.05, 0) is 42.0 Å². The van der Waals surface area contributed by atoms with Crippen LogP contribution >= 0.6 is 11.3 Å². The molecule has 0 atom stereocenters. The zero-order chi connectivity index (χ0) is 20.2. The molecule has 29 heavy (non-hydrogen) atoms. The number of aryl methyl sites for hydroxylation is 1. The molecule has 1 aromatic carbocycles. The third kappa shape index (κ3) is 4.37. The zero-order valence-corrected chi connectivity index (χ0v) is 16.8. The van der Waals surface area contributed by atoms with Crippen molar-refractivity contribution in [2.24, 2.45) is 0 Å². The predicted octanol–water partition coefficient (Wildman–Crippen LogP) is 2.40. The average molecular weight is 410 g/mol. The van der Waals surface area contributed by atoms with Gasteiger partial charge in [-0.1, -0.05) is 12.1 Å². The van der Waals surface area contributed by atoms with Crippen LogP contribution in [0.4, 0.5) is 0 Å². The number of carbonyl (C=O) groups excluding carboxylic acids is 2. The smallest absolute Gasteiger partial charge is 0.262 e. The van der Waals surface area contributed by atoms with E-state index < -0.39 is 0 Å². The largest absolute Gasteiger partial charge is 0.352 e. The predicted molar refractivity (Wildman–Crippen MR) is 112 cm³/mol. The highest BCUT2D eigenvalue weighted by Gasteiger charge is 2.19. The summed E-state index contributed by atoms with van der Waals surface area (Å²) in [5.41, 5.74) is 1.40. The summed E-state index contributed by atoms with van der Waals surface area (Å²) in [5, 5.41) is 5.27. The molecule has 0 saturated carbocycles. The number of nitrogens with one attached hydrogen (secondary N) is 1. The monoisotopic (exact) mass is 410 g/mol. The number of aromatic nitrogens is 2. The second-order valence-electron chi connectivity index (χ2n) is 7.11. The molecule has 3 aromatic rings. The molecule has 4 rings (SSSR count). The van der Waals surface area contributed by atoms with Crippen LogP contribution in [-0.2, 0) is 17.9 Å². The van der Waals surface area contributed by atoms with Gasteiger partial charge in [-0.3, -0.25) is 19.0 Å². The Kier molecular flexibility index (Phi) is 5.71. The van der Waals surface area contributed by atoms with Crippen molar-refractivity contribution in [3.8, 4) is 0 Å². The van der Waals surface area contributed by atoms with Crippen molar-refractivity contribution in [2.45, 2.75) is 32.4 Å². The Balaban J connectivity index is 1.32. The SMILES string of the molecule is O=C(CCn1cnc2sccc2c1=O)NCc1cccc(C(=O)N2CCCC2)c1. The van der Waals surface area contributed by atoms with Gasteiger partial charge in [-0.15, -0.1) is 11.3 Å². The summed E-state index contributed by atoms with van der Waals surface area (Å²) in [5.74, 6) is -0.107. The number of amides is 2. The number of thiophene rings is 1. The topological polar surface area (TPSA) is 84.3 Å². The van der Waals surface area contributed by atoms with E-state index >= 15 is 0 Å². The maximum absolute atomic E-state index is 12.5. The summed E-state index contributed by atoms with van der Waals surface area (Å²) in [6, 6.07) is 9.13. The number of nitrogens with zero attached hydrogens (tertiary/aromatic N) is 3. The van der Waals surface area contributed by atoms with Crippen molar-refractivity contribution in [2.75, 3.05) is 13.1 Å². The molecule has 1 fully saturated rings. The highest BCUT2D eigenvalue weighted by Crippen LogP contribution is 2.15. The fraction of sp³-hybridized carbons (Fsp3) is 0.333. The zero-order valence-electron chi connectivity index (χ0n) is 16.0. The summed E-state index contributed by atoms with van der Waals surface area (Å²) in [6.45, 7) is 2.24. The molecule has 1 aliphatic rings. The van der Waals surface area contributed by atoms with Gasteiger partial charge < -0.3 is 10.2 Å². The first-order valence-electron chi connectivity index (χ1n) is 9.69. The van der Waals surface area contributed by atoms with Gasteiger partial charge in [-0.25, -0.2) is 4.98 Å². The Bertz CT molecular complexity index is 1100. The molecule has 0 bridgehead atoms. The van der Waals surface area contributed by atoms with E-state index in [9.17, 15) is 14.4 Å². The molecule has 0 aliphatic carbocycles. The second kappa shape index (κ2) is 8.57. The minimum absolute atomic E-state index is 0.0476. The van der Waals surface area contributed by atoms with Crippen LogP contribution in [0.25, 0.3) is 10.2 Å². The minimum Gasteiger partial charge on any atom is -0.352 e. The lowest BCUT2D eigenvalue weighted by atomic mass is 10.1. The van der Waals surface area contributed by atoms with Crippen molar-refractivity contribution in [1.29, 1.82) is 0 Å². The molecule has 2 aromatic heterocycles. The highest BCUT2D eigenvalue weighted by atomic mass is 32.1. The standard InChI is InChI=1S/C21H22N4O3S/c26-18(6-10-25-14-23-19-17(21(25)28)7-11-29-19)22-13-15-4-3-5-16(12-15)20(27)24-8-1-2-9-24/h3-5,7,11-12,14H,1-2,6,8-10,13H2,(H,22,26). The van der Waals surface area contributed by atoms with Crippen molar-refractivity contribution < 1.29 is 9.59 Å². The summed E-state index contributed by atoms with van der Waals surface area (Å²) < 4.78 is 1.46. The number of hydrogen-bond acceptors (Lipinski definition) is 5. The van der Waals surface area contributed by atoms with E-state index in [1.807, 2.05) is 34.5 Å². The van der Waals surface area contributed by atoms with Crippen molar-refractivity contribution in [3.05, 3.63) is 63.5 Å². The minimum atomic E-state index is -0.154. The van der Waals surface area contributed by atoms with Crippen LogP contribution in [0, 0.1) is 0 Å². The number of rotatable bonds is 6. The average Bonchev–Trinajstić information content (AvgIpc) is 3.44. The maximum Gasteiger partial charge on any atom is 0.262 e. The lowest BCUT2D eigenvalue weighted by Gasteiger charge is -2.15. The Morgan fingerprint density at radius 1 is 1.17 bits per heavy atom. The van der Waals surface area contributed by atoms with Gasteiger partial charge in [0.05, 0.1) is 11.7 Å². The number of carbonyl (C=O) groups is 2. The van der Waals surface area contributed by atoms with Crippen LogP contribution in [0.15, 0.2) is 46.8 Å². The first-order chi connectivity index (χ1) is 14.1. The van der Waals surface area contributed by atoms with E-state index in [4.69, 9.17) is 0 Å². The molecular formula is C21H22N4O3S. The summed E-state index contributed by atoms with van der Waals surface area (Å²) in [7, 11) is 0. The molecule has 1 aliphatic heterocycles. The van der Waals surface area contributed by atoms with Gasteiger partial charge >= 0.3 is 0 Å². The lowest BCUT2D eigenvalue weighted by Crippen LogP contribution is -2.28. The van der Waals surface area contributed by atoms with Crippen LogP contribution in [0.5, 0.6) is 0 Å². The third-order valence-electron chi connectivity index (χ3n) is 5.09. The van der Waals surface area contributed by atoms with Gasteiger partial charge in [0.1, 0.15) is 4.83 Å². The van der Waals surface area contributed by atoms with Gasteiger partial charge in [0.15, 0.2) is 0 Å². The molecule has 3 heterocycles. The summed E-state index contributed by atoms with van der Waals surface area (Å²) in [6.07, 6.45) is 3.78. The van der Waals surface area contributed by atoms with E-state index in [1.54, 1.807) is 6.07 Å². The lowest BCUT2D eigenvalue weighted by molar-refractivity contribution is -0.121. The van der Waals surface area contributed by atoms with E-state index in [1.165, 1.54) is 22.2 Å². The Morgan fingerprint density at radius 2 is 2.00 bits per heavy atom. The molecule has 2 amide bonds. The Hall–Kier alpha value is -3.00. The van der Waals surface area contributed by atoms with E-state index in [2.05, 4.69) is 10.3 Å². The van der Waals surface area contributed by atoms with E-state index in [0.717, 1.165) is 31.5 Å². The number of benzene rings is 1. The summed E-state index contributed by atoms with van der Waals surface area (Å²) in [4.78, 5) is 43.9. The Morgan fingerprint density at radius 3 is 2.83 bits per heavy atom. The molecule has 0 spiro atoms. The third-order valence-corrected chi connectivity index (χ3v) is 5.91. The molecule has 7 nitrogen and oxygen atoms in total. The van der Waals surface area contributed by atoms with Crippen molar-refractivity contribution >= 4 is 33.4 Å². The number of fused-ring (bicyclic) bond motifs is 1. The second-order valence-corrected chi connectivity index (χ2v) is 8.00. The van der Waals surface area contributed by atoms with Crippen molar-refractivity contribution in [1.82, 2.24) is 19.8 Å². The van der Waals surface area contributed by atoms with Crippen LogP contribution in [-0.4, -0.2) is 39.4 Å². The van der Waals surface area contributed by atoms with Crippen LogP contribution in [0.2, 0.25) is 0 Å². The van der Waals surface area contributed by atoms with Crippen LogP contribution < -0.4 is 10.9 Å². The molecule has 0 radical (unpaired) electrons. The highest BCUT2D eigenvalue weighted by molar-refractivity contribution is 7.16. The molecule has 1 saturated heterocycles. The van der Waals surface area contributed by atoms with Crippen LogP contribution in [0.3, 0.4) is 0 Å². The first-order valence-corrected chi connectivity index (χ1v) is 10.6. The van der Waals surface area contributed by atoms with Crippen LogP contribution in [0.1, 0.15) is 35.2 Å². The van der Waals surface area contributed by atoms with E-state index in [-0.39, 0.29) is 30.3 Å². The molecule has 8 heteroatoms. The summed E-state index contributed by atoms with van der Waals surface area (Å²) >= 11 is 1.42.